The standard InChI is InChI=1S/C10H11Cl2N5/c11-8-3-2-7(6-9(8)12)10-14-15-16-17(10)5-1-4-13/h2-3,6H,1,4-5,13H2. The number of halogens is 2. The van der Waals surface area contributed by atoms with Crippen molar-refractivity contribution in [3.8, 4) is 11.4 Å². The van der Waals surface area contributed by atoms with Crippen molar-refractivity contribution in [2.24, 2.45) is 5.73 Å². The highest BCUT2D eigenvalue weighted by molar-refractivity contribution is 6.42. The number of aryl methyl sites for hydroxylation is 1. The summed E-state index contributed by atoms with van der Waals surface area (Å²) in [5, 5.41) is 12.5. The molecule has 0 bridgehead atoms. The molecule has 0 aliphatic heterocycles. The molecule has 0 atom stereocenters. The molecule has 0 aliphatic rings. The fraction of sp³-hybridized carbons (Fsp3) is 0.300. The maximum Gasteiger partial charge on any atom is 0.182 e. The number of tetrazole rings is 1. The van der Waals surface area contributed by atoms with Gasteiger partial charge in [0.2, 0.25) is 0 Å². The average Bonchev–Trinajstić information content (AvgIpc) is 2.78. The van der Waals surface area contributed by atoms with Gasteiger partial charge in [0, 0.05) is 12.1 Å². The lowest BCUT2D eigenvalue weighted by atomic mass is 10.2. The Morgan fingerprint density at radius 3 is 2.76 bits per heavy atom. The van der Waals surface area contributed by atoms with E-state index in [0.29, 0.717) is 29.0 Å². The molecule has 0 saturated heterocycles. The Bertz CT molecular complexity index is 511. The van der Waals surface area contributed by atoms with Gasteiger partial charge < -0.3 is 5.73 Å². The van der Waals surface area contributed by atoms with E-state index in [1.54, 1.807) is 16.8 Å². The fourth-order valence-corrected chi connectivity index (χ4v) is 1.74. The summed E-state index contributed by atoms with van der Waals surface area (Å²) < 4.78 is 1.70. The molecule has 90 valence electrons. The predicted octanol–water partition coefficient (Wildman–Crippen LogP) is 2.00. The van der Waals surface area contributed by atoms with Crippen LogP contribution in [0.1, 0.15) is 6.42 Å². The van der Waals surface area contributed by atoms with E-state index >= 15 is 0 Å². The molecule has 0 radical (unpaired) electrons. The lowest BCUT2D eigenvalue weighted by Crippen LogP contribution is -2.08. The summed E-state index contributed by atoms with van der Waals surface area (Å²) in [4.78, 5) is 0. The van der Waals surface area contributed by atoms with Crippen molar-refractivity contribution in [1.82, 2.24) is 20.2 Å². The van der Waals surface area contributed by atoms with Crippen molar-refractivity contribution >= 4 is 23.2 Å². The molecule has 0 amide bonds. The van der Waals surface area contributed by atoms with Crippen molar-refractivity contribution < 1.29 is 0 Å². The molecular formula is C10H11Cl2N5. The molecule has 0 aliphatic carbocycles. The van der Waals surface area contributed by atoms with Crippen molar-refractivity contribution in [2.75, 3.05) is 6.54 Å². The predicted molar refractivity (Wildman–Crippen MR) is 66.9 cm³/mol. The molecule has 0 fully saturated rings. The van der Waals surface area contributed by atoms with Gasteiger partial charge in [-0.15, -0.1) is 5.10 Å². The van der Waals surface area contributed by atoms with E-state index in [1.165, 1.54) is 0 Å². The monoisotopic (exact) mass is 271 g/mol. The van der Waals surface area contributed by atoms with Gasteiger partial charge in [-0.2, -0.15) is 0 Å². The van der Waals surface area contributed by atoms with E-state index in [2.05, 4.69) is 15.5 Å². The second kappa shape index (κ2) is 5.44. The number of hydrogen-bond acceptors (Lipinski definition) is 4. The first-order valence-electron chi connectivity index (χ1n) is 5.14. The molecule has 0 unspecified atom stereocenters. The van der Waals surface area contributed by atoms with Gasteiger partial charge >= 0.3 is 0 Å². The zero-order valence-electron chi connectivity index (χ0n) is 8.98. The lowest BCUT2D eigenvalue weighted by molar-refractivity contribution is 0.568. The van der Waals surface area contributed by atoms with Crippen LogP contribution in [0, 0.1) is 0 Å². The topological polar surface area (TPSA) is 69.6 Å². The third kappa shape index (κ3) is 2.74. The van der Waals surface area contributed by atoms with Crippen LogP contribution in [0.4, 0.5) is 0 Å². The van der Waals surface area contributed by atoms with E-state index in [9.17, 15) is 0 Å². The molecule has 1 aromatic heterocycles. The number of nitrogens with two attached hydrogens (primary N) is 1. The molecule has 7 heteroatoms. The molecule has 0 spiro atoms. The SMILES string of the molecule is NCCCn1nnnc1-c1ccc(Cl)c(Cl)c1. The van der Waals surface area contributed by atoms with Gasteiger partial charge in [0.25, 0.3) is 0 Å². The van der Waals surface area contributed by atoms with Crippen LogP contribution in [-0.2, 0) is 6.54 Å². The van der Waals surface area contributed by atoms with E-state index in [1.807, 2.05) is 6.07 Å². The van der Waals surface area contributed by atoms with Crippen molar-refractivity contribution in [3.05, 3.63) is 28.2 Å². The Kier molecular flexibility index (Phi) is 3.93. The zero-order chi connectivity index (χ0) is 12.3. The molecule has 0 saturated carbocycles. The number of nitrogens with zero attached hydrogens (tertiary/aromatic N) is 4. The Balaban J connectivity index is 2.32. The largest absolute Gasteiger partial charge is 0.330 e. The van der Waals surface area contributed by atoms with Crippen LogP contribution in [0.25, 0.3) is 11.4 Å². The minimum absolute atomic E-state index is 0.484. The Morgan fingerprint density at radius 2 is 2.06 bits per heavy atom. The maximum absolute atomic E-state index is 5.96. The van der Waals surface area contributed by atoms with Crippen LogP contribution in [-0.4, -0.2) is 26.8 Å². The van der Waals surface area contributed by atoms with Gasteiger partial charge in [0.1, 0.15) is 0 Å². The van der Waals surface area contributed by atoms with Crippen LogP contribution in [0.5, 0.6) is 0 Å². The summed E-state index contributed by atoms with van der Waals surface area (Å²) in [5.41, 5.74) is 6.29. The Labute approximate surface area is 109 Å². The van der Waals surface area contributed by atoms with E-state index in [4.69, 9.17) is 28.9 Å². The Hall–Kier alpha value is -1.17. The molecule has 2 rings (SSSR count). The van der Waals surface area contributed by atoms with Crippen LogP contribution >= 0.6 is 23.2 Å². The van der Waals surface area contributed by atoms with E-state index < -0.39 is 0 Å². The first kappa shape index (κ1) is 12.3. The van der Waals surface area contributed by atoms with E-state index in [0.717, 1.165) is 12.0 Å². The number of rotatable bonds is 4. The third-order valence-corrected chi connectivity index (χ3v) is 3.02. The quantitative estimate of drug-likeness (QED) is 0.924. The second-order valence-electron chi connectivity index (χ2n) is 3.50. The number of benzene rings is 1. The number of aromatic nitrogens is 4. The third-order valence-electron chi connectivity index (χ3n) is 2.28. The minimum atomic E-state index is 0.484. The zero-order valence-corrected chi connectivity index (χ0v) is 10.5. The van der Waals surface area contributed by atoms with Gasteiger partial charge in [-0.1, -0.05) is 23.2 Å². The van der Waals surface area contributed by atoms with Crippen LogP contribution in [0.3, 0.4) is 0 Å². The molecular weight excluding hydrogens is 261 g/mol. The van der Waals surface area contributed by atoms with Gasteiger partial charge in [0.15, 0.2) is 5.82 Å². The highest BCUT2D eigenvalue weighted by Crippen LogP contribution is 2.27. The normalized spacial score (nSPS) is 10.8. The smallest absolute Gasteiger partial charge is 0.182 e. The highest BCUT2D eigenvalue weighted by Gasteiger charge is 2.09. The summed E-state index contributed by atoms with van der Waals surface area (Å²) in [6.07, 6.45) is 0.819. The van der Waals surface area contributed by atoms with Crippen molar-refractivity contribution in [2.45, 2.75) is 13.0 Å². The molecule has 17 heavy (non-hydrogen) atoms. The number of hydrogen-bond donors (Lipinski definition) is 1. The van der Waals surface area contributed by atoms with Gasteiger partial charge in [-0.05, 0) is 41.6 Å². The Morgan fingerprint density at radius 1 is 1.24 bits per heavy atom. The maximum atomic E-state index is 5.96. The van der Waals surface area contributed by atoms with Gasteiger partial charge in [0.05, 0.1) is 10.0 Å². The first-order chi connectivity index (χ1) is 8.22. The first-order valence-corrected chi connectivity index (χ1v) is 5.89. The highest BCUT2D eigenvalue weighted by atomic mass is 35.5. The van der Waals surface area contributed by atoms with Crippen LogP contribution in [0.15, 0.2) is 18.2 Å². The molecule has 1 heterocycles. The summed E-state index contributed by atoms with van der Waals surface area (Å²) in [7, 11) is 0. The average molecular weight is 272 g/mol. The molecule has 5 nitrogen and oxygen atoms in total. The minimum Gasteiger partial charge on any atom is -0.330 e. The van der Waals surface area contributed by atoms with Crippen molar-refractivity contribution in [1.29, 1.82) is 0 Å². The van der Waals surface area contributed by atoms with Crippen molar-refractivity contribution in [3.63, 3.8) is 0 Å². The summed E-state index contributed by atoms with van der Waals surface area (Å²) in [6.45, 7) is 1.28. The van der Waals surface area contributed by atoms with E-state index in [-0.39, 0.29) is 0 Å². The summed E-state index contributed by atoms with van der Waals surface area (Å²) >= 11 is 11.8. The van der Waals surface area contributed by atoms with Gasteiger partial charge in [-0.25, -0.2) is 4.68 Å². The summed E-state index contributed by atoms with van der Waals surface area (Å²) in [6, 6.07) is 5.30. The summed E-state index contributed by atoms with van der Waals surface area (Å²) in [5.74, 6) is 0.664. The fourth-order valence-electron chi connectivity index (χ4n) is 1.44. The molecule has 2 aromatic rings. The lowest BCUT2D eigenvalue weighted by Gasteiger charge is -2.04. The molecule has 2 N–H and O–H groups in total. The molecule has 1 aromatic carbocycles. The van der Waals surface area contributed by atoms with Gasteiger partial charge in [-0.3, -0.25) is 0 Å². The second-order valence-corrected chi connectivity index (χ2v) is 4.31. The van der Waals surface area contributed by atoms with Crippen LogP contribution in [0.2, 0.25) is 10.0 Å². The van der Waals surface area contributed by atoms with Crippen LogP contribution < -0.4 is 5.73 Å².